The van der Waals surface area contributed by atoms with E-state index < -0.39 is 0 Å². The Balaban J connectivity index is 2.19. The first-order valence-corrected chi connectivity index (χ1v) is 8.37. The second kappa shape index (κ2) is 6.25. The molecule has 92 valence electrons. The zero-order valence-electron chi connectivity index (χ0n) is 9.43. The number of thioether (sulfide) groups is 1. The summed E-state index contributed by atoms with van der Waals surface area (Å²) in [6, 6.07) is 8.42. The van der Waals surface area contributed by atoms with Gasteiger partial charge >= 0.3 is 0 Å². The molecule has 2 unspecified atom stereocenters. The summed E-state index contributed by atoms with van der Waals surface area (Å²) in [7, 11) is 0. The van der Waals surface area contributed by atoms with Crippen LogP contribution in [-0.4, -0.2) is 6.04 Å². The first-order valence-electron chi connectivity index (χ1n) is 5.41. The Morgan fingerprint density at radius 3 is 2.76 bits per heavy atom. The highest BCUT2D eigenvalue weighted by molar-refractivity contribution is 8.01. The maximum Gasteiger partial charge on any atom is 0.0931 e. The van der Waals surface area contributed by atoms with Crippen LogP contribution < -0.4 is 5.73 Å². The van der Waals surface area contributed by atoms with Crippen molar-refractivity contribution < 1.29 is 0 Å². The van der Waals surface area contributed by atoms with Crippen molar-refractivity contribution in [1.82, 2.24) is 0 Å². The van der Waals surface area contributed by atoms with Crippen LogP contribution in [0.4, 0.5) is 0 Å². The lowest BCUT2D eigenvalue weighted by atomic mass is 10.1. The fourth-order valence-electron chi connectivity index (χ4n) is 1.51. The Morgan fingerprint density at radius 1 is 1.41 bits per heavy atom. The second-order valence-electron chi connectivity index (χ2n) is 3.68. The first-order chi connectivity index (χ1) is 8.20. The van der Waals surface area contributed by atoms with E-state index in [1.54, 1.807) is 22.7 Å². The van der Waals surface area contributed by atoms with Crippen LogP contribution >= 0.6 is 46.0 Å². The summed E-state index contributed by atoms with van der Waals surface area (Å²) in [5, 5.41) is 2.40. The number of hydrogen-bond donors (Lipinski definition) is 1. The zero-order chi connectivity index (χ0) is 12.3. The summed E-state index contributed by atoms with van der Waals surface area (Å²) in [4.78, 5) is 1.27. The van der Waals surface area contributed by atoms with E-state index in [2.05, 4.69) is 30.5 Å². The predicted molar refractivity (Wildman–Crippen MR) is 80.5 cm³/mol. The van der Waals surface area contributed by atoms with Gasteiger partial charge in [-0.1, -0.05) is 24.6 Å². The average Bonchev–Trinajstić information content (AvgIpc) is 2.96. The van der Waals surface area contributed by atoms with Gasteiger partial charge in [-0.3, -0.25) is 0 Å². The molecule has 17 heavy (non-hydrogen) atoms. The monoisotopic (exact) mass is 303 g/mol. The molecule has 0 aliphatic rings. The van der Waals surface area contributed by atoms with Crippen LogP contribution in [-0.2, 0) is 0 Å². The summed E-state index contributed by atoms with van der Waals surface area (Å²) < 4.78 is 2.14. The van der Waals surface area contributed by atoms with E-state index in [0.29, 0.717) is 5.25 Å². The number of halogens is 1. The van der Waals surface area contributed by atoms with Gasteiger partial charge in [0.1, 0.15) is 0 Å². The van der Waals surface area contributed by atoms with E-state index in [0.717, 1.165) is 10.8 Å². The first kappa shape index (κ1) is 13.4. The van der Waals surface area contributed by atoms with Crippen LogP contribution in [0.15, 0.2) is 33.9 Å². The van der Waals surface area contributed by atoms with Crippen molar-refractivity contribution in [3.8, 4) is 0 Å². The maximum atomic E-state index is 6.22. The summed E-state index contributed by atoms with van der Waals surface area (Å²) in [6.07, 6.45) is 0.971. The number of nitrogens with two attached hydrogens (primary N) is 1. The Bertz CT molecular complexity index is 452. The van der Waals surface area contributed by atoms with Crippen molar-refractivity contribution in [2.45, 2.75) is 28.8 Å². The van der Waals surface area contributed by atoms with Gasteiger partial charge in [0.25, 0.3) is 0 Å². The molecule has 0 amide bonds. The lowest BCUT2D eigenvalue weighted by molar-refractivity contribution is 0.640. The molecule has 2 aromatic rings. The fraction of sp³-hybridized carbons (Fsp3) is 0.333. The molecule has 2 aromatic heterocycles. The summed E-state index contributed by atoms with van der Waals surface area (Å²) >= 11 is 11.2. The van der Waals surface area contributed by atoms with Gasteiger partial charge in [0, 0.05) is 10.9 Å². The fourth-order valence-corrected chi connectivity index (χ4v) is 5.03. The Kier molecular flexibility index (Phi) is 4.94. The molecule has 0 fully saturated rings. The van der Waals surface area contributed by atoms with E-state index in [1.165, 1.54) is 9.09 Å². The zero-order valence-corrected chi connectivity index (χ0v) is 12.6. The van der Waals surface area contributed by atoms with Crippen molar-refractivity contribution in [3.05, 3.63) is 38.9 Å². The van der Waals surface area contributed by atoms with Gasteiger partial charge in [-0.2, -0.15) is 0 Å². The summed E-state index contributed by atoms with van der Waals surface area (Å²) in [5.41, 5.74) is 6.22. The average molecular weight is 304 g/mol. The molecule has 0 aliphatic carbocycles. The predicted octanol–water partition coefficient (Wildman–Crippen LogP) is 5.03. The van der Waals surface area contributed by atoms with Crippen LogP contribution in [0.5, 0.6) is 0 Å². The third-order valence-electron chi connectivity index (χ3n) is 2.47. The molecule has 0 aromatic carbocycles. The topological polar surface area (TPSA) is 26.0 Å². The van der Waals surface area contributed by atoms with E-state index in [1.807, 2.05) is 17.8 Å². The summed E-state index contributed by atoms with van der Waals surface area (Å²) in [6.45, 7) is 2.13. The Labute approximate surface area is 119 Å². The van der Waals surface area contributed by atoms with Gasteiger partial charge in [0.2, 0.25) is 0 Å². The van der Waals surface area contributed by atoms with Crippen LogP contribution in [0.1, 0.15) is 23.5 Å². The standard InChI is InChI=1S/C12H14ClNS3/c1-2-8(14)12(9-5-6-10(13)16-9)17-11-4-3-7-15-11/h3-8,12H,2,14H2,1H3. The Hall–Kier alpha value is -0.0000000000000000278. The molecular weight excluding hydrogens is 290 g/mol. The molecule has 2 atom stereocenters. The molecule has 2 heterocycles. The lowest BCUT2D eigenvalue weighted by Gasteiger charge is -2.20. The van der Waals surface area contributed by atoms with Gasteiger partial charge in [-0.25, -0.2) is 0 Å². The van der Waals surface area contributed by atoms with Crippen LogP contribution in [0.2, 0.25) is 4.34 Å². The van der Waals surface area contributed by atoms with Gasteiger partial charge in [-0.05, 0) is 30.0 Å². The quantitative estimate of drug-likeness (QED) is 0.784. The number of hydrogen-bond acceptors (Lipinski definition) is 4. The largest absolute Gasteiger partial charge is 0.326 e. The molecule has 2 rings (SSSR count). The van der Waals surface area contributed by atoms with Crippen molar-refractivity contribution in [2.75, 3.05) is 0 Å². The highest BCUT2D eigenvalue weighted by Crippen LogP contribution is 2.43. The molecule has 1 nitrogen and oxygen atoms in total. The number of rotatable bonds is 5. The Morgan fingerprint density at radius 2 is 2.24 bits per heavy atom. The van der Waals surface area contributed by atoms with E-state index >= 15 is 0 Å². The smallest absolute Gasteiger partial charge is 0.0931 e. The molecule has 0 aliphatic heterocycles. The highest BCUT2D eigenvalue weighted by atomic mass is 35.5. The van der Waals surface area contributed by atoms with E-state index in [4.69, 9.17) is 17.3 Å². The van der Waals surface area contributed by atoms with Crippen molar-refractivity contribution in [2.24, 2.45) is 5.73 Å². The number of thiophene rings is 2. The maximum absolute atomic E-state index is 6.22. The van der Waals surface area contributed by atoms with E-state index in [-0.39, 0.29) is 6.04 Å². The van der Waals surface area contributed by atoms with E-state index in [9.17, 15) is 0 Å². The van der Waals surface area contributed by atoms with Gasteiger partial charge in [-0.15, -0.1) is 34.4 Å². The lowest BCUT2D eigenvalue weighted by Crippen LogP contribution is -2.24. The van der Waals surface area contributed by atoms with Crippen molar-refractivity contribution in [3.63, 3.8) is 0 Å². The molecule has 0 radical (unpaired) electrons. The molecule has 5 heteroatoms. The molecule has 0 spiro atoms. The second-order valence-corrected chi connectivity index (χ2v) is 7.82. The third kappa shape index (κ3) is 3.48. The summed E-state index contributed by atoms with van der Waals surface area (Å²) in [5.74, 6) is 0. The van der Waals surface area contributed by atoms with Crippen molar-refractivity contribution >= 4 is 46.0 Å². The normalized spacial score (nSPS) is 14.8. The highest BCUT2D eigenvalue weighted by Gasteiger charge is 2.22. The van der Waals surface area contributed by atoms with Gasteiger partial charge in [0.15, 0.2) is 0 Å². The van der Waals surface area contributed by atoms with Gasteiger partial charge < -0.3 is 5.73 Å². The third-order valence-corrected chi connectivity index (χ3v) is 6.40. The SMILES string of the molecule is CCC(N)C(Sc1cccs1)c1ccc(Cl)s1. The molecule has 0 saturated heterocycles. The van der Waals surface area contributed by atoms with Gasteiger partial charge in [0.05, 0.1) is 13.8 Å². The van der Waals surface area contributed by atoms with Crippen LogP contribution in [0, 0.1) is 0 Å². The minimum Gasteiger partial charge on any atom is -0.326 e. The minimum absolute atomic E-state index is 0.164. The molecule has 2 N–H and O–H groups in total. The van der Waals surface area contributed by atoms with Crippen molar-refractivity contribution in [1.29, 1.82) is 0 Å². The van der Waals surface area contributed by atoms with Crippen LogP contribution in [0.3, 0.4) is 0 Å². The molecule has 0 saturated carbocycles. The minimum atomic E-state index is 0.164. The van der Waals surface area contributed by atoms with Crippen LogP contribution in [0.25, 0.3) is 0 Å². The molecule has 0 bridgehead atoms. The molecular formula is C12H14ClNS3.